The Balaban J connectivity index is 0.00000312. The molecule has 138 valence electrons. The van der Waals surface area contributed by atoms with Gasteiger partial charge in [-0.15, -0.1) is 35.3 Å². The average Bonchev–Trinajstić information content (AvgIpc) is 3.12. The Labute approximate surface area is 175 Å². The zero-order valence-corrected chi connectivity index (χ0v) is 18.3. The number of thiophene rings is 1. The summed E-state index contributed by atoms with van der Waals surface area (Å²) in [5, 5.41) is 19.4. The van der Waals surface area contributed by atoms with Crippen molar-refractivity contribution in [1.29, 1.82) is 0 Å². The molecule has 2 atom stereocenters. The molecule has 0 aliphatic heterocycles. The summed E-state index contributed by atoms with van der Waals surface area (Å²) in [6.07, 6.45) is -0.610. The minimum Gasteiger partial charge on any atom is -0.387 e. The maximum Gasteiger partial charge on any atom is 0.191 e. The maximum atomic E-state index is 10.3. The monoisotopic (exact) mass is 493 g/mol. The second-order valence-corrected chi connectivity index (χ2v) is 7.00. The Bertz CT molecular complexity index is 634. The van der Waals surface area contributed by atoms with Gasteiger partial charge in [-0.05, 0) is 36.1 Å². The molecule has 1 aromatic heterocycles. The summed E-state index contributed by atoms with van der Waals surface area (Å²) in [4.78, 5) is 5.95. The molecule has 1 aromatic carbocycles. The van der Waals surface area contributed by atoms with Crippen molar-refractivity contribution in [3.05, 3.63) is 57.2 Å². The van der Waals surface area contributed by atoms with E-state index in [0.717, 1.165) is 12.1 Å². The van der Waals surface area contributed by atoms with E-state index in [1.54, 1.807) is 23.5 Å². The Morgan fingerprint density at radius 2 is 1.96 bits per heavy atom. The first-order valence-corrected chi connectivity index (χ1v) is 9.35. The Hall–Kier alpha value is -0.830. The molecule has 0 aliphatic rings. The van der Waals surface area contributed by atoms with Gasteiger partial charge in [-0.1, -0.05) is 36.7 Å². The lowest BCUT2D eigenvalue weighted by Crippen LogP contribution is -2.39. The van der Waals surface area contributed by atoms with E-state index in [1.807, 2.05) is 19.1 Å². The van der Waals surface area contributed by atoms with E-state index >= 15 is 0 Å². The number of guanidine groups is 1. The van der Waals surface area contributed by atoms with Gasteiger partial charge in [0.15, 0.2) is 5.96 Å². The molecule has 0 aliphatic carbocycles. The molecular formula is C18H25ClIN3OS. The van der Waals surface area contributed by atoms with Gasteiger partial charge < -0.3 is 15.7 Å². The van der Waals surface area contributed by atoms with Gasteiger partial charge in [0.25, 0.3) is 0 Å². The summed E-state index contributed by atoms with van der Waals surface area (Å²) in [5.41, 5.74) is 0.828. The van der Waals surface area contributed by atoms with Crippen molar-refractivity contribution in [2.24, 2.45) is 4.99 Å². The first-order valence-electron chi connectivity index (χ1n) is 8.09. The summed E-state index contributed by atoms with van der Waals surface area (Å²) in [6.45, 7) is 6.06. The van der Waals surface area contributed by atoms with E-state index in [9.17, 15) is 5.11 Å². The highest BCUT2D eigenvalue weighted by Crippen LogP contribution is 2.20. The van der Waals surface area contributed by atoms with Gasteiger partial charge in [0.2, 0.25) is 0 Å². The average molecular weight is 494 g/mol. The van der Waals surface area contributed by atoms with Gasteiger partial charge in [0.05, 0.1) is 12.6 Å². The highest BCUT2D eigenvalue weighted by Gasteiger charge is 2.10. The molecule has 0 fully saturated rings. The zero-order chi connectivity index (χ0) is 17.4. The lowest BCUT2D eigenvalue weighted by atomic mass is 10.1. The van der Waals surface area contributed by atoms with Crippen LogP contribution in [0.3, 0.4) is 0 Å². The fourth-order valence-electron chi connectivity index (χ4n) is 2.23. The van der Waals surface area contributed by atoms with Crippen LogP contribution < -0.4 is 10.6 Å². The van der Waals surface area contributed by atoms with Crippen LogP contribution in [0.15, 0.2) is 46.8 Å². The number of benzene rings is 1. The molecular weight excluding hydrogens is 469 g/mol. The Kier molecular flexibility index (Phi) is 10.4. The molecule has 1 heterocycles. The summed E-state index contributed by atoms with van der Waals surface area (Å²) >= 11 is 7.62. The predicted octanol–water partition coefficient (Wildman–Crippen LogP) is 4.41. The van der Waals surface area contributed by atoms with Crippen LogP contribution >= 0.6 is 46.9 Å². The molecule has 2 aromatic rings. The molecule has 2 unspecified atom stereocenters. The van der Waals surface area contributed by atoms with Gasteiger partial charge in [-0.2, -0.15) is 0 Å². The van der Waals surface area contributed by atoms with Crippen LogP contribution in [0.4, 0.5) is 0 Å². The van der Waals surface area contributed by atoms with E-state index in [-0.39, 0.29) is 24.0 Å². The minimum atomic E-state index is -0.610. The molecule has 0 bridgehead atoms. The minimum absolute atomic E-state index is 0. The number of rotatable bonds is 7. The molecule has 25 heavy (non-hydrogen) atoms. The largest absolute Gasteiger partial charge is 0.387 e. The van der Waals surface area contributed by atoms with Crippen LogP contribution in [0.25, 0.3) is 0 Å². The van der Waals surface area contributed by atoms with E-state index < -0.39 is 6.10 Å². The van der Waals surface area contributed by atoms with Gasteiger partial charge in [0, 0.05) is 28.9 Å². The van der Waals surface area contributed by atoms with Crippen molar-refractivity contribution in [3.63, 3.8) is 0 Å². The molecule has 2 rings (SSSR count). The third-order valence-electron chi connectivity index (χ3n) is 3.61. The molecule has 0 saturated heterocycles. The number of nitrogens with one attached hydrogen (secondary N) is 2. The lowest BCUT2D eigenvalue weighted by molar-refractivity contribution is 0.181. The van der Waals surface area contributed by atoms with Crippen LogP contribution in [0.2, 0.25) is 5.02 Å². The first-order chi connectivity index (χ1) is 11.6. The molecule has 0 spiro atoms. The van der Waals surface area contributed by atoms with E-state index in [0.29, 0.717) is 30.0 Å². The van der Waals surface area contributed by atoms with E-state index in [2.05, 4.69) is 40.1 Å². The number of aliphatic imine (C=N–C) groups is 1. The number of hydrogen-bond donors (Lipinski definition) is 3. The van der Waals surface area contributed by atoms with E-state index in [4.69, 9.17) is 11.6 Å². The van der Waals surface area contributed by atoms with Gasteiger partial charge in [0.1, 0.15) is 0 Å². The first kappa shape index (κ1) is 22.2. The fourth-order valence-corrected chi connectivity index (χ4v) is 3.13. The standard InChI is InChI=1S/C18H24ClN3OS.HI/c1-3-20-18(21-11-13(2)17-5-4-10-24-17)22-12-16(23)14-6-8-15(19)9-7-14;/h4-10,13,16,23H,3,11-12H2,1-2H3,(H2,20,21,22);1H. The second-order valence-electron chi connectivity index (χ2n) is 5.58. The third-order valence-corrected chi connectivity index (χ3v) is 4.97. The van der Waals surface area contributed by atoms with Crippen LogP contribution in [0, 0.1) is 0 Å². The van der Waals surface area contributed by atoms with Crippen molar-refractivity contribution >= 4 is 52.9 Å². The number of halogens is 2. The molecule has 0 saturated carbocycles. The zero-order valence-electron chi connectivity index (χ0n) is 14.4. The van der Waals surface area contributed by atoms with Crippen LogP contribution in [0.1, 0.15) is 36.3 Å². The molecule has 0 amide bonds. The molecule has 4 nitrogen and oxygen atoms in total. The predicted molar refractivity (Wildman–Crippen MR) is 119 cm³/mol. The number of nitrogens with zero attached hydrogens (tertiary/aromatic N) is 1. The summed E-state index contributed by atoms with van der Waals surface area (Å²) in [7, 11) is 0. The van der Waals surface area contributed by atoms with Crippen molar-refractivity contribution in [3.8, 4) is 0 Å². The van der Waals surface area contributed by atoms with Crippen molar-refractivity contribution in [1.82, 2.24) is 10.6 Å². The quantitative estimate of drug-likeness (QED) is 0.304. The lowest BCUT2D eigenvalue weighted by Gasteiger charge is -2.16. The number of hydrogen-bond acceptors (Lipinski definition) is 3. The fraction of sp³-hybridized carbons (Fsp3) is 0.389. The number of aliphatic hydroxyl groups is 1. The summed E-state index contributed by atoms with van der Waals surface area (Å²) in [5.74, 6) is 1.09. The topological polar surface area (TPSA) is 56.7 Å². The summed E-state index contributed by atoms with van der Waals surface area (Å²) in [6, 6.07) is 11.4. The Morgan fingerprint density at radius 1 is 1.24 bits per heavy atom. The number of aliphatic hydroxyl groups excluding tert-OH is 1. The Morgan fingerprint density at radius 3 is 2.56 bits per heavy atom. The van der Waals surface area contributed by atoms with Crippen molar-refractivity contribution in [2.75, 3.05) is 19.6 Å². The molecule has 7 heteroatoms. The van der Waals surface area contributed by atoms with Crippen molar-refractivity contribution < 1.29 is 5.11 Å². The maximum absolute atomic E-state index is 10.3. The smallest absolute Gasteiger partial charge is 0.191 e. The highest BCUT2D eigenvalue weighted by molar-refractivity contribution is 14.0. The SMILES string of the molecule is CCNC(=NCC(C)c1cccs1)NCC(O)c1ccc(Cl)cc1.I. The van der Waals surface area contributed by atoms with Crippen LogP contribution in [0.5, 0.6) is 0 Å². The van der Waals surface area contributed by atoms with Gasteiger partial charge >= 0.3 is 0 Å². The van der Waals surface area contributed by atoms with Crippen LogP contribution in [-0.2, 0) is 0 Å². The highest BCUT2D eigenvalue weighted by atomic mass is 127. The van der Waals surface area contributed by atoms with E-state index in [1.165, 1.54) is 4.88 Å². The third kappa shape index (κ3) is 7.52. The van der Waals surface area contributed by atoms with Gasteiger partial charge in [-0.25, -0.2) is 0 Å². The molecule has 3 N–H and O–H groups in total. The second kappa shape index (κ2) is 11.7. The summed E-state index contributed by atoms with van der Waals surface area (Å²) < 4.78 is 0. The van der Waals surface area contributed by atoms with Crippen LogP contribution in [-0.4, -0.2) is 30.7 Å². The molecule has 0 radical (unpaired) electrons. The van der Waals surface area contributed by atoms with Crippen molar-refractivity contribution in [2.45, 2.75) is 25.9 Å². The van der Waals surface area contributed by atoms with Gasteiger partial charge in [-0.3, -0.25) is 4.99 Å². The normalized spacial score (nSPS) is 13.7.